The molecule has 6 nitrogen and oxygen atoms in total. The van der Waals surface area contributed by atoms with Crippen LogP contribution in [-0.2, 0) is 6.54 Å². The number of fused-ring (bicyclic) bond motifs is 1. The van der Waals surface area contributed by atoms with Crippen molar-refractivity contribution in [3.8, 4) is 5.69 Å². The van der Waals surface area contributed by atoms with E-state index in [2.05, 4.69) is 36.1 Å². The van der Waals surface area contributed by atoms with Crippen LogP contribution in [0.15, 0.2) is 47.5 Å². The second-order valence-electron chi connectivity index (χ2n) is 8.22. The van der Waals surface area contributed by atoms with Gasteiger partial charge in [0.05, 0.1) is 16.6 Å². The summed E-state index contributed by atoms with van der Waals surface area (Å²) in [6.07, 6.45) is 1.54. The number of carbonyl (C=O) groups excluding carboxylic acids is 1. The molecule has 2 aromatic carbocycles. The van der Waals surface area contributed by atoms with Gasteiger partial charge in [0.1, 0.15) is 6.33 Å². The van der Waals surface area contributed by atoms with Gasteiger partial charge in [-0.05, 0) is 62.2 Å². The molecule has 0 saturated carbocycles. The number of carbonyl (C=O) groups is 1. The first-order valence-electron chi connectivity index (χ1n) is 10.4. The molecule has 30 heavy (non-hydrogen) atoms. The Kier molecular flexibility index (Phi) is 6.67. The van der Waals surface area contributed by atoms with E-state index in [0.717, 1.165) is 24.2 Å². The third kappa shape index (κ3) is 4.76. The molecule has 0 saturated heterocycles. The van der Waals surface area contributed by atoms with Crippen LogP contribution in [0.1, 0.15) is 42.3 Å². The second kappa shape index (κ2) is 9.22. The van der Waals surface area contributed by atoms with E-state index in [-0.39, 0.29) is 11.5 Å². The topological polar surface area (TPSA) is 67.2 Å². The van der Waals surface area contributed by atoms with Crippen LogP contribution >= 0.6 is 0 Å². The van der Waals surface area contributed by atoms with Gasteiger partial charge < -0.3 is 10.2 Å². The van der Waals surface area contributed by atoms with Crippen molar-refractivity contribution in [3.63, 3.8) is 0 Å². The summed E-state index contributed by atoms with van der Waals surface area (Å²) in [7, 11) is 2.09. The first-order chi connectivity index (χ1) is 14.3. The molecule has 3 rings (SSSR count). The molecule has 1 amide bonds. The van der Waals surface area contributed by atoms with Crippen molar-refractivity contribution < 1.29 is 4.79 Å². The van der Waals surface area contributed by atoms with E-state index in [1.807, 2.05) is 38.1 Å². The number of benzene rings is 2. The summed E-state index contributed by atoms with van der Waals surface area (Å²) in [5, 5.41) is 3.38. The SMILES string of the molecule is CCNC(=O)c1ccc(C)c(-n2cnc3ccc(CN(C)CC(C)C)cc3c2=O)c1. The first-order valence-corrected chi connectivity index (χ1v) is 10.4. The lowest BCUT2D eigenvalue weighted by Crippen LogP contribution is -2.24. The molecule has 1 N–H and O–H groups in total. The molecule has 0 aliphatic rings. The van der Waals surface area contributed by atoms with E-state index in [4.69, 9.17) is 0 Å². The summed E-state index contributed by atoms with van der Waals surface area (Å²) in [4.78, 5) is 32.3. The van der Waals surface area contributed by atoms with E-state index < -0.39 is 0 Å². The molecule has 0 bridgehead atoms. The van der Waals surface area contributed by atoms with Crippen LogP contribution in [0.3, 0.4) is 0 Å². The van der Waals surface area contributed by atoms with Crippen LogP contribution in [0.25, 0.3) is 16.6 Å². The largest absolute Gasteiger partial charge is 0.352 e. The summed E-state index contributed by atoms with van der Waals surface area (Å²) in [5.41, 5.74) is 3.71. The Bertz CT molecular complexity index is 1120. The van der Waals surface area contributed by atoms with Gasteiger partial charge in [-0.2, -0.15) is 0 Å². The van der Waals surface area contributed by atoms with Crippen molar-refractivity contribution in [1.82, 2.24) is 19.8 Å². The van der Waals surface area contributed by atoms with Crippen molar-refractivity contribution in [2.24, 2.45) is 5.92 Å². The molecule has 0 aliphatic carbocycles. The van der Waals surface area contributed by atoms with Crippen LogP contribution in [-0.4, -0.2) is 40.5 Å². The van der Waals surface area contributed by atoms with Gasteiger partial charge in [-0.15, -0.1) is 0 Å². The molecule has 1 heterocycles. The van der Waals surface area contributed by atoms with Gasteiger partial charge in [0.25, 0.3) is 11.5 Å². The molecule has 158 valence electrons. The maximum absolute atomic E-state index is 13.3. The lowest BCUT2D eigenvalue weighted by molar-refractivity contribution is 0.0956. The number of amides is 1. The van der Waals surface area contributed by atoms with Gasteiger partial charge in [-0.1, -0.05) is 26.0 Å². The maximum atomic E-state index is 13.3. The highest BCUT2D eigenvalue weighted by Gasteiger charge is 2.13. The quantitative estimate of drug-likeness (QED) is 0.652. The number of rotatable bonds is 7. The van der Waals surface area contributed by atoms with Gasteiger partial charge in [-0.25, -0.2) is 4.98 Å². The normalized spacial score (nSPS) is 11.4. The molecule has 0 spiro atoms. The standard InChI is InChI=1S/C24H30N4O2/c1-6-25-23(29)19-9-7-17(4)22(12-19)28-15-26-21-10-8-18(11-20(21)24(28)30)14-27(5)13-16(2)3/h7-12,15-16H,6,13-14H2,1-5H3,(H,25,29). The number of nitrogens with one attached hydrogen (secondary N) is 1. The molecular weight excluding hydrogens is 376 g/mol. The molecule has 0 unspecified atom stereocenters. The van der Waals surface area contributed by atoms with E-state index >= 15 is 0 Å². The number of hydrogen-bond acceptors (Lipinski definition) is 4. The third-order valence-corrected chi connectivity index (χ3v) is 5.02. The predicted molar refractivity (Wildman–Crippen MR) is 121 cm³/mol. The van der Waals surface area contributed by atoms with Gasteiger partial charge >= 0.3 is 0 Å². The molecule has 0 fully saturated rings. The summed E-state index contributed by atoms with van der Waals surface area (Å²) in [5.74, 6) is 0.422. The maximum Gasteiger partial charge on any atom is 0.265 e. The fourth-order valence-electron chi connectivity index (χ4n) is 3.71. The number of nitrogens with zero attached hydrogens (tertiary/aromatic N) is 3. The van der Waals surface area contributed by atoms with Crippen molar-refractivity contribution >= 4 is 16.8 Å². The molecule has 3 aromatic rings. The molecule has 6 heteroatoms. The van der Waals surface area contributed by atoms with E-state index in [0.29, 0.717) is 34.6 Å². The van der Waals surface area contributed by atoms with Crippen LogP contribution < -0.4 is 10.9 Å². The monoisotopic (exact) mass is 406 g/mol. The minimum absolute atomic E-state index is 0.135. The fraction of sp³-hybridized carbons (Fsp3) is 0.375. The molecule has 0 atom stereocenters. The zero-order valence-corrected chi connectivity index (χ0v) is 18.4. The van der Waals surface area contributed by atoms with Crippen LogP contribution in [0.2, 0.25) is 0 Å². The summed E-state index contributed by atoms with van der Waals surface area (Å²) < 4.78 is 1.53. The Balaban J connectivity index is 2.03. The van der Waals surface area contributed by atoms with Gasteiger partial charge in [0, 0.05) is 25.2 Å². The Hall–Kier alpha value is -2.99. The van der Waals surface area contributed by atoms with E-state index in [1.54, 1.807) is 18.5 Å². The summed E-state index contributed by atoms with van der Waals surface area (Å²) in [6.45, 7) is 10.5. The average Bonchev–Trinajstić information content (AvgIpc) is 2.69. The average molecular weight is 407 g/mol. The highest BCUT2D eigenvalue weighted by molar-refractivity contribution is 5.94. The predicted octanol–water partition coefficient (Wildman–Crippen LogP) is 3.53. The van der Waals surface area contributed by atoms with E-state index in [9.17, 15) is 9.59 Å². The van der Waals surface area contributed by atoms with Gasteiger partial charge in [0.15, 0.2) is 0 Å². The van der Waals surface area contributed by atoms with Crippen LogP contribution in [0.5, 0.6) is 0 Å². The van der Waals surface area contributed by atoms with Crippen LogP contribution in [0.4, 0.5) is 0 Å². The Labute approximate surface area is 177 Å². The Morgan fingerprint density at radius 2 is 1.97 bits per heavy atom. The zero-order valence-electron chi connectivity index (χ0n) is 18.4. The lowest BCUT2D eigenvalue weighted by atomic mass is 10.1. The summed E-state index contributed by atoms with van der Waals surface area (Å²) in [6, 6.07) is 11.2. The minimum Gasteiger partial charge on any atom is -0.352 e. The van der Waals surface area contributed by atoms with Crippen molar-refractivity contribution in [1.29, 1.82) is 0 Å². The van der Waals surface area contributed by atoms with Crippen molar-refractivity contribution in [2.75, 3.05) is 20.1 Å². The van der Waals surface area contributed by atoms with Gasteiger partial charge in [-0.3, -0.25) is 14.2 Å². The molecule has 1 aromatic heterocycles. The first kappa shape index (κ1) is 21.7. The van der Waals surface area contributed by atoms with Crippen molar-refractivity contribution in [2.45, 2.75) is 34.2 Å². The molecular formula is C24H30N4O2. The Morgan fingerprint density at radius 3 is 2.67 bits per heavy atom. The minimum atomic E-state index is -0.156. The lowest BCUT2D eigenvalue weighted by Gasteiger charge is -2.19. The number of hydrogen-bond donors (Lipinski definition) is 1. The zero-order chi connectivity index (χ0) is 21.8. The third-order valence-electron chi connectivity index (χ3n) is 5.02. The fourth-order valence-corrected chi connectivity index (χ4v) is 3.71. The number of aromatic nitrogens is 2. The smallest absolute Gasteiger partial charge is 0.265 e. The highest BCUT2D eigenvalue weighted by atomic mass is 16.1. The summed E-state index contributed by atoms with van der Waals surface area (Å²) >= 11 is 0. The highest BCUT2D eigenvalue weighted by Crippen LogP contribution is 2.17. The molecule has 0 aliphatic heterocycles. The van der Waals surface area contributed by atoms with Gasteiger partial charge in [0.2, 0.25) is 0 Å². The second-order valence-corrected chi connectivity index (χ2v) is 8.22. The Morgan fingerprint density at radius 1 is 1.20 bits per heavy atom. The van der Waals surface area contributed by atoms with Crippen LogP contribution in [0, 0.1) is 12.8 Å². The van der Waals surface area contributed by atoms with Crippen molar-refractivity contribution in [3.05, 3.63) is 69.8 Å². The number of aryl methyl sites for hydroxylation is 1. The molecule has 0 radical (unpaired) electrons. The van der Waals surface area contributed by atoms with E-state index in [1.165, 1.54) is 4.57 Å².